The highest BCUT2D eigenvalue weighted by Crippen LogP contribution is 2.31. The average molecular weight is 515 g/mol. The van der Waals surface area contributed by atoms with Crippen molar-refractivity contribution in [2.75, 3.05) is 11.9 Å². The highest BCUT2D eigenvalue weighted by Gasteiger charge is 2.35. The highest BCUT2D eigenvalue weighted by atomic mass is 79.9. The summed E-state index contributed by atoms with van der Waals surface area (Å²) in [6.07, 6.45) is 1.43. The van der Waals surface area contributed by atoms with E-state index in [0.717, 1.165) is 20.5 Å². The molecule has 4 amide bonds. The predicted octanol–water partition coefficient (Wildman–Crippen LogP) is 5.20. The van der Waals surface area contributed by atoms with Crippen LogP contribution in [0.5, 0.6) is 0 Å². The molecule has 9 heteroatoms. The van der Waals surface area contributed by atoms with Crippen molar-refractivity contribution < 1.29 is 18.8 Å². The van der Waals surface area contributed by atoms with Gasteiger partial charge in [0.2, 0.25) is 5.91 Å². The van der Waals surface area contributed by atoms with Crippen molar-refractivity contribution in [1.29, 1.82) is 0 Å². The normalized spacial score (nSPS) is 14.7. The summed E-state index contributed by atoms with van der Waals surface area (Å²) < 4.78 is 6.71. The summed E-state index contributed by atoms with van der Waals surface area (Å²) in [5.74, 6) is -0.124. The van der Waals surface area contributed by atoms with Crippen molar-refractivity contribution in [3.63, 3.8) is 0 Å². The molecule has 0 bridgehead atoms. The van der Waals surface area contributed by atoms with Gasteiger partial charge >= 0.3 is 6.03 Å². The first-order valence-corrected chi connectivity index (χ1v) is 10.7. The number of nitrogens with one attached hydrogen (secondary N) is 2. The fourth-order valence-corrected chi connectivity index (χ4v) is 3.94. The van der Waals surface area contributed by atoms with Crippen LogP contribution in [-0.2, 0) is 9.59 Å². The van der Waals surface area contributed by atoms with E-state index in [1.54, 1.807) is 36.4 Å². The molecule has 0 atom stereocenters. The Morgan fingerprint density at radius 3 is 2.62 bits per heavy atom. The van der Waals surface area contributed by atoms with Crippen molar-refractivity contribution in [1.82, 2.24) is 10.2 Å². The van der Waals surface area contributed by atoms with Crippen molar-refractivity contribution in [3.8, 4) is 11.3 Å². The summed E-state index contributed by atoms with van der Waals surface area (Å²) in [6, 6.07) is 15.2. The molecule has 1 aromatic heterocycles. The molecule has 0 unspecified atom stereocenters. The summed E-state index contributed by atoms with van der Waals surface area (Å²) in [6.45, 7) is 1.56. The number of carbonyl (C=O) groups excluding carboxylic acids is 3. The van der Waals surface area contributed by atoms with Crippen LogP contribution in [0.2, 0.25) is 5.02 Å². The Hall–Kier alpha value is -3.36. The molecule has 0 spiro atoms. The van der Waals surface area contributed by atoms with Gasteiger partial charge in [-0.15, -0.1) is 0 Å². The maximum atomic E-state index is 12.6. The first-order chi connectivity index (χ1) is 15.3. The second-order valence-electron chi connectivity index (χ2n) is 7.12. The third-order valence-electron chi connectivity index (χ3n) is 4.70. The molecule has 0 saturated carbocycles. The van der Waals surface area contributed by atoms with Crippen LogP contribution in [0, 0.1) is 6.92 Å². The van der Waals surface area contributed by atoms with Crippen LogP contribution in [0.25, 0.3) is 17.4 Å². The number of rotatable bonds is 5. The molecule has 1 aliphatic rings. The molecular formula is C23H17BrClN3O4. The van der Waals surface area contributed by atoms with E-state index >= 15 is 0 Å². The number of anilines is 1. The molecule has 2 N–H and O–H groups in total. The Morgan fingerprint density at radius 2 is 1.91 bits per heavy atom. The lowest BCUT2D eigenvalue weighted by atomic mass is 10.1. The molecule has 2 aromatic carbocycles. The summed E-state index contributed by atoms with van der Waals surface area (Å²) in [4.78, 5) is 38.0. The summed E-state index contributed by atoms with van der Waals surface area (Å²) in [5.41, 5.74) is 2.50. The maximum absolute atomic E-state index is 12.6. The lowest BCUT2D eigenvalue weighted by Gasteiger charge is -2.11. The number of urea groups is 1. The molecular weight excluding hydrogens is 498 g/mol. The summed E-state index contributed by atoms with van der Waals surface area (Å²) >= 11 is 9.34. The monoisotopic (exact) mass is 513 g/mol. The lowest BCUT2D eigenvalue weighted by Crippen LogP contribution is -2.38. The first kappa shape index (κ1) is 21.9. The van der Waals surface area contributed by atoms with Gasteiger partial charge < -0.3 is 15.1 Å². The number of aryl methyl sites for hydroxylation is 1. The van der Waals surface area contributed by atoms with E-state index in [0.29, 0.717) is 22.2 Å². The van der Waals surface area contributed by atoms with Gasteiger partial charge in [-0.3, -0.25) is 9.59 Å². The zero-order valence-corrected chi connectivity index (χ0v) is 19.2. The fourth-order valence-electron chi connectivity index (χ4n) is 3.13. The standard InChI is InChI=1S/C23H17BrClN3O4/c1-13-2-8-17(18(24)10-13)20-9-7-16(32-20)11-19-22(30)28(23(31)27-19)12-21(29)26-15-5-3-14(25)4-6-15/h2-11H,12H2,1H3,(H,26,29)(H,27,31)/b19-11-. The molecule has 1 fully saturated rings. The molecule has 1 saturated heterocycles. The topological polar surface area (TPSA) is 91.7 Å². The molecule has 0 radical (unpaired) electrons. The van der Waals surface area contributed by atoms with Gasteiger partial charge in [0.15, 0.2) is 0 Å². The van der Waals surface area contributed by atoms with E-state index in [4.69, 9.17) is 16.0 Å². The SMILES string of the molecule is Cc1ccc(-c2ccc(/C=C3\NC(=O)N(CC(=O)Nc4ccc(Cl)cc4)C3=O)o2)c(Br)c1. The van der Waals surface area contributed by atoms with Crippen LogP contribution in [-0.4, -0.2) is 29.3 Å². The minimum absolute atomic E-state index is 0.0261. The van der Waals surface area contributed by atoms with Crippen LogP contribution in [0.1, 0.15) is 11.3 Å². The van der Waals surface area contributed by atoms with E-state index in [1.807, 2.05) is 25.1 Å². The number of hydrogen-bond donors (Lipinski definition) is 2. The third-order valence-corrected chi connectivity index (χ3v) is 5.60. The molecule has 2 heterocycles. The highest BCUT2D eigenvalue weighted by molar-refractivity contribution is 9.10. The van der Waals surface area contributed by atoms with Crippen molar-refractivity contribution in [3.05, 3.63) is 81.1 Å². The van der Waals surface area contributed by atoms with Gasteiger partial charge in [0.25, 0.3) is 5.91 Å². The van der Waals surface area contributed by atoms with Crippen molar-refractivity contribution in [2.45, 2.75) is 6.92 Å². The van der Waals surface area contributed by atoms with Gasteiger partial charge in [-0.05, 0) is 61.0 Å². The maximum Gasteiger partial charge on any atom is 0.329 e. The largest absolute Gasteiger partial charge is 0.457 e. The van der Waals surface area contributed by atoms with Crippen molar-refractivity contribution >= 4 is 57.1 Å². The van der Waals surface area contributed by atoms with Gasteiger partial charge in [-0.25, -0.2) is 9.69 Å². The number of imide groups is 1. The van der Waals surface area contributed by atoms with E-state index in [9.17, 15) is 14.4 Å². The number of furan rings is 1. The first-order valence-electron chi connectivity index (χ1n) is 9.56. The molecule has 7 nitrogen and oxygen atoms in total. The molecule has 32 heavy (non-hydrogen) atoms. The van der Waals surface area contributed by atoms with Crippen molar-refractivity contribution in [2.24, 2.45) is 0 Å². The average Bonchev–Trinajstić information content (AvgIpc) is 3.30. The molecule has 162 valence electrons. The van der Waals surface area contributed by atoms with Crippen LogP contribution in [0.4, 0.5) is 10.5 Å². The summed E-state index contributed by atoms with van der Waals surface area (Å²) in [7, 11) is 0. The number of amides is 4. The zero-order valence-electron chi connectivity index (χ0n) is 16.8. The second kappa shape index (κ2) is 9.02. The van der Waals surface area contributed by atoms with Crippen LogP contribution in [0.15, 0.2) is 69.2 Å². The van der Waals surface area contributed by atoms with Gasteiger partial charge in [-0.1, -0.05) is 33.6 Å². The molecule has 3 aromatic rings. The van der Waals surface area contributed by atoms with Crippen LogP contribution >= 0.6 is 27.5 Å². The number of benzene rings is 2. The Balaban J connectivity index is 1.46. The fraction of sp³-hybridized carbons (Fsp3) is 0.0870. The van der Waals surface area contributed by atoms with Gasteiger partial charge in [0, 0.05) is 26.8 Å². The Kier molecular flexibility index (Phi) is 6.16. The number of carbonyl (C=O) groups is 3. The minimum atomic E-state index is -0.680. The number of nitrogens with zero attached hydrogens (tertiary/aromatic N) is 1. The Labute approximate surface area is 197 Å². The van der Waals surface area contributed by atoms with E-state index in [2.05, 4.69) is 26.6 Å². The smallest absolute Gasteiger partial charge is 0.329 e. The number of halogens is 2. The minimum Gasteiger partial charge on any atom is -0.457 e. The Bertz CT molecular complexity index is 1250. The molecule has 4 rings (SSSR count). The zero-order chi connectivity index (χ0) is 22.8. The summed E-state index contributed by atoms with van der Waals surface area (Å²) in [5, 5.41) is 5.63. The number of hydrogen-bond acceptors (Lipinski definition) is 4. The van der Waals surface area contributed by atoms with E-state index in [1.165, 1.54) is 6.08 Å². The molecule has 0 aliphatic carbocycles. The van der Waals surface area contributed by atoms with E-state index in [-0.39, 0.29) is 5.70 Å². The molecule has 1 aliphatic heterocycles. The van der Waals surface area contributed by atoms with Gasteiger partial charge in [0.1, 0.15) is 23.8 Å². The van der Waals surface area contributed by atoms with Crippen LogP contribution < -0.4 is 10.6 Å². The van der Waals surface area contributed by atoms with E-state index < -0.39 is 24.4 Å². The Morgan fingerprint density at radius 1 is 1.16 bits per heavy atom. The quantitative estimate of drug-likeness (QED) is 0.361. The second-order valence-corrected chi connectivity index (χ2v) is 8.41. The van der Waals surface area contributed by atoms with Crippen LogP contribution in [0.3, 0.4) is 0 Å². The predicted molar refractivity (Wildman–Crippen MR) is 125 cm³/mol. The van der Waals surface area contributed by atoms with Gasteiger partial charge in [-0.2, -0.15) is 0 Å². The van der Waals surface area contributed by atoms with Gasteiger partial charge in [0.05, 0.1) is 0 Å². The lowest BCUT2D eigenvalue weighted by molar-refractivity contribution is -0.127. The third kappa shape index (κ3) is 4.76.